The minimum Gasteiger partial charge on any atom is -0.373 e. The van der Waals surface area contributed by atoms with E-state index in [1.807, 2.05) is 6.92 Å². The Morgan fingerprint density at radius 1 is 1.41 bits per heavy atom. The van der Waals surface area contributed by atoms with Gasteiger partial charge >= 0.3 is 6.03 Å². The molecule has 1 aromatic carbocycles. The molecule has 2 atom stereocenters. The Balaban J connectivity index is 1.54. The smallest absolute Gasteiger partial charge is 0.322 e. The summed E-state index contributed by atoms with van der Waals surface area (Å²) in [6.07, 6.45) is -2.88. The first kappa shape index (κ1) is 24.5. The normalized spacial score (nSPS) is 20.3. The van der Waals surface area contributed by atoms with Crippen LogP contribution < -0.4 is 5.32 Å². The van der Waals surface area contributed by atoms with Gasteiger partial charge in [-0.05, 0) is 41.1 Å². The minimum atomic E-state index is -2.60. The van der Waals surface area contributed by atoms with E-state index in [0.717, 1.165) is 5.06 Å². The van der Waals surface area contributed by atoms with Crippen molar-refractivity contribution in [3.63, 3.8) is 0 Å². The van der Waals surface area contributed by atoms with E-state index in [9.17, 15) is 22.8 Å². The molecule has 0 aliphatic carbocycles. The second-order valence-corrected chi connectivity index (χ2v) is 9.01. The number of halogens is 4. The average molecular weight is 546 g/mol. The van der Waals surface area contributed by atoms with E-state index < -0.39 is 36.9 Å². The lowest BCUT2D eigenvalue weighted by atomic mass is 9.99. The summed E-state index contributed by atoms with van der Waals surface area (Å²) >= 11 is 3.10. The first-order valence-electron chi connectivity index (χ1n) is 10.6. The SMILES string of the molecule is CC1Cc2nn3c(c2CN1C(=O)Nc1ccc(F)c(Br)c1)C(=O)N(C)OC(COCC(F)F)C3. The Labute approximate surface area is 201 Å². The number of ether oxygens (including phenoxy) is 1. The van der Waals surface area contributed by atoms with E-state index in [1.165, 1.54) is 29.9 Å². The lowest BCUT2D eigenvalue weighted by Gasteiger charge is -2.33. The molecule has 4 rings (SSSR count). The molecule has 1 aromatic heterocycles. The summed E-state index contributed by atoms with van der Waals surface area (Å²) in [5.74, 6) is -0.901. The van der Waals surface area contributed by atoms with Gasteiger partial charge in [0.25, 0.3) is 12.3 Å². The fraction of sp³-hybridized carbons (Fsp3) is 0.476. The molecule has 2 aliphatic rings. The highest BCUT2D eigenvalue weighted by atomic mass is 79.9. The Hall–Kier alpha value is -2.64. The van der Waals surface area contributed by atoms with Crippen molar-refractivity contribution in [3.8, 4) is 0 Å². The Morgan fingerprint density at radius 3 is 2.88 bits per heavy atom. The summed E-state index contributed by atoms with van der Waals surface area (Å²) in [7, 11) is 1.43. The molecule has 34 heavy (non-hydrogen) atoms. The van der Waals surface area contributed by atoms with Crippen molar-refractivity contribution in [2.45, 2.75) is 45.0 Å². The van der Waals surface area contributed by atoms with Crippen molar-refractivity contribution in [1.82, 2.24) is 19.7 Å². The van der Waals surface area contributed by atoms with Crippen molar-refractivity contribution < 1.29 is 32.3 Å². The molecule has 0 radical (unpaired) electrons. The van der Waals surface area contributed by atoms with E-state index in [-0.39, 0.29) is 35.9 Å². The Morgan fingerprint density at radius 2 is 2.18 bits per heavy atom. The minimum absolute atomic E-state index is 0.131. The van der Waals surface area contributed by atoms with Gasteiger partial charge < -0.3 is 15.0 Å². The third kappa shape index (κ3) is 5.05. The zero-order valence-corrected chi connectivity index (χ0v) is 20.0. The van der Waals surface area contributed by atoms with Crippen LogP contribution in [0.4, 0.5) is 23.7 Å². The van der Waals surface area contributed by atoms with Crippen LogP contribution in [-0.4, -0.2) is 70.5 Å². The maximum absolute atomic E-state index is 13.5. The molecule has 2 aliphatic heterocycles. The number of urea groups is 1. The zero-order chi connectivity index (χ0) is 24.6. The fourth-order valence-corrected chi connectivity index (χ4v) is 4.40. The van der Waals surface area contributed by atoms with Crippen molar-refractivity contribution >= 4 is 33.6 Å². The molecule has 3 amide bonds. The predicted octanol–water partition coefficient (Wildman–Crippen LogP) is 3.43. The van der Waals surface area contributed by atoms with Gasteiger partial charge in [-0.1, -0.05) is 0 Å². The molecule has 0 bridgehead atoms. The number of hydrogen-bond acceptors (Lipinski definition) is 5. The highest BCUT2D eigenvalue weighted by molar-refractivity contribution is 9.10. The second-order valence-electron chi connectivity index (χ2n) is 8.15. The summed E-state index contributed by atoms with van der Waals surface area (Å²) < 4.78 is 45.0. The molecule has 2 unspecified atom stereocenters. The van der Waals surface area contributed by atoms with Gasteiger partial charge in [0.2, 0.25) is 0 Å². The van der Waals surface area contributed by atoms with Crippen LogP contribution in [0, 0.1) is 5.82 Å². The lowest BCUT2D eigenvalue weighted by Crippen LogP contribution is -2.45. The van der Waals surface area contributed by atoms with Gasteiger partial charge in [0.15, 0.2) is 0 Å². The number of alkyl halides is 2. The van der Waals surface area contributed by atoms with Gasteiger partial charge in [0.05, 0.1) is 29.9 Å². The zero-order valence-electron chi connectivity index (χ0n) is 18.4. The first-order chi connectivity index (χ1) is 16.1. The quantitative estimate of drug-likeness (QED) is 0.621. The topological polar surface area (TPSA) is 88.9 Å². The van der Waals surface area contributed by atoms with Crippen molar-refractivity contribution in [3.05, 3.63) is 45.4 Å². The van der Waals surface area contributed by atoms with Crippen LogP contribution >= 0.6 is 15.9 Å². The first-order valence-corrected chi connectivity index (χ1v) is 11.3. The Bertz CT molecular complexity index is 1100. The van der Waals surface area contributed by atoms with Crippen LogP contribution in [-0.2, 0) is 29.1 Å². The Kier molecular flexibility index (Phi) is 7.14. The van der Waals surface area contributed by atoms with E-state index in [0.29, 0.717) is 23.4 Å². The molecule has 0 spiro atoms. The number of hydrogen-bond donors (Lipinski definition) is 1. The van der Waals surface area contributed by atoms with E-state index in [2.05, 4.69) is 26.3 Å². The maximum atomic E-state index is 13.5. The molecule has 13 heteroatoms. The van der Waals surface area contributed by atoms with Crippen molar-refractivity contribution in [2.75, 3.05) is 25.6 Å². The van der Waals surface area contributed by atoms with Gasteiger partial charge in [-0.2, -0.15) is 5.10 Å². The highest BCUT2D eigenvalue weighted by Gasteiger charge is 2.37. The fourth-order valence-electron chi connectivity index (χ4n) is 4.03. The van der Waals surface area contributed by atoms with Gasteiger partial charge in [-0.15, -0.1) is 0 Å². The number of hydroxylamine groups is 2. The monoisotopic (exact) mass is 545 g/mol. The maximum Gasteiger partial charge on any atom is 0.322 e. The number of carbonyl (C=O) groups excluding carboxylic acids is 2. The highest BCUT2D eigenvalue weighted by Crippen LogP contribution is 2.29. The molecule has 3 heterocycles. The number of carbonyl (C=O) groups is 2. The van der Waals surface area contributed by atoms with E-state index in [1.54, 1.807) is 4.90 Å². The molecule has 0 saturated heterocycles. The largest absolute Gasteiger partial charge is 0.373 e. The van der Waals surface area contributed by atoms with Crippen LogP contribution in [0.5, 0.6) is 0 Å². The van der Waals surface area contributed by atoms with Gasteiger partial charge in [-0.3, -0.25) is 14.3 Å². The number of benzene rings is 1. The van der Waals surface area contributed by atoms with Crippen LogP contribution in [0.15, 0.2) is 22.7 Å². The lowest BCUT2D eigenvalue weighted by molar-refractivity contribution is -0.169. The molecule has 0 fully saturated rings. The standard InChI is InChI=1S/C21H23BrF3N5O4/c1-11-5-17-14(8-29(11)21(32)26-12-3-4-16(23)15(22)6-12)19-20(31)28(2)34-13(7-30(19)27-17)9-33-10-18(24)25/h3-4,6,11,13,18H,5,7-10H2,1-2H3,(H,26,32). The van der Waals surface area contributed by atoms with Gasteiger partial charge in [0.1, 0.15) is 24.2 Å². The summed E-state index contributed by atoms with van der Waals surface area (Å²) in [4.78, 5) is 33.2. The summed E-state index contributed by atoms with van der Waals surface area (Å²) in [6.45, 7) is 1.26. The number of nitrogens with zero attached hydrogens (tertiary/aromatic N) is 4. The van der Waals surface area contributed by atoms with E-state index in [4.69, 9.17) is 9.57 Å². The van der Waals surface area contributed by atoms with Crippen molar-refractivity contribution in [1.29, 1.82) is 0 Å². The third-order valence-electron chi connectivity index (χ3n) is 5.63. The number of aromatic nitrogens is 2. The predicted molar refractivity (Wildman–Crippen MR) is 118 cm³/mol. The number of amides is 3. The van der Waals surface area contributed by atoms with Crippen molar-refractivity contribution in [2.24, 2.45) is 0 Å². The molecule has 9 nitrogen and oxygen atoms in total. The van der Waals surface area contributed by atoms with Gasteiger partial charge in [-0.25, -0.2) is 23.0 Å². The van der Waals surface area contributed by atoms with E-state index >= 15 is 0 Å². The molecule has 0 saturated carbocycles. The average Bonchev–Trinajstić information content (AvgIpc) is 3.05. The molecule has 2 aromatic rings. The number of fused-ring (bicyclic) bond motifs is 3. The third-order valence-corrected chi connectivity index (χ3v) is 6.24. The molecular formula is C21H23BrF3N5O4. The summed E-state index contributed by atoms with van der Waals surface area (Å²) in [5, 5.41) is 8.35. The van der Waals surface area contributed by atoms with Crippen LogP contribution in [0.1, 0.15) is 28.7 Å². The summed E-state index contributed by atoms with van der Waals surface area (Å²) in [6, 6.07) is 3.54. The molecule has 184 valence electrons. The van der Waals surface area contributed by atoms with Crippen LogP contribution in [0.2, 0.25) is 0 Å². The number of nitrogens with one attached hydrogen (secondary N) is 1. The second kappa shape index (κ2) is 9.92. The van der Waals surface area contributed by atoms with Crippen LogP contribution in [0.3, 0.4) is 0 Å². The molecule has 1 N–H and O–H groups in total. The number of anilines is 1. The number of rotatable bonds is 5. The van der Waals surface area contributed by atoms with Crippen LogP contribution in [0.25, 0.3) is 0 Å². The summed E-state index contributed by atoms with van der Waals surface area (Å²) in [5.41, 5.74) is 1.99. The van der Waals surface area contributed by atoms with Gasteiger partial charge in [0, 0.05) is 30.8 Å². The molecular weight excluding hydrogens is 523 g/mol.